The second-order valence-corrected chi connectivity index (χ2v) is 10.8. The first-order valence-electron chi connectivity index (χ1n) is 5.84. The van der Waals surface area contributed by atoms with Crippen LogP contribution in [0.4, 0.5) is 0 Å². The van der Waals surface area contributed by atoms with Crippen LogP contribution in [-0.2, 0) is 16.6 Å². The molecule has 0 N–H and O–H groups in total. The van der Waals surface area contributed by atoms with Gasteiger partial charge in [0.05, 0.1) is 19.9 Å². The summed E-state index contributed by atoms with van der Waals surface area (Å²) in [5.74, 6) is 0. The molecule has 0 spiro atoms. The quantitative estimate of drug-likeness (QED) is 0.568. The van der Waals surface area contributed by atoms with Gasteiger partial charge in [-0.25, -0.2) is 0 Å². The van der Waals surface area contributed by atoms with E-state index in [1.807, 2.05) is 6.08 Å². The molecule has 1 aromatic rings. The molecular formula is C14H20OSi. The highest BCUT2D eigenvalue weighted by molar-refractivity contribution is 6.78. The van der Waals surface area contributed by atoms with Crippen LogP contribution in [0.3, 0.4) is 0 Å². The van der Waals surface area contributed by atoms with E-state index in [0.29, 0.717) is 0 Å². The van der Waals surface area contributed by atoms with E-state index in [1.165, 1.54) is 11.1 Å². The van der Waals surface area contributed by atoms with E-state index >= 15 is 0 Å². The van der Waals surface area contributed by atoms with Crippen LogP contribution < -0.4 is 0 Å². The third kappa shape index (κ3) is 1.57. The molecule has 0 radical (unpaired) electrons. The molecule has 0 saturated heterocycles. The van der Waals surface area contributed by atoms with Crippen LogP contribution in [-0.4, -0.2) is 8.07 Å². The van der Waals surface area contributed by atoms with Gasteiger partial charge in [-0.15, -0.1) is 6.58 Å². The predicted octanol–water partition coefficient (Wildman–Crippen LogP) is 3.87. The van der Waals surface area contributed by atoms with Gasteiger partial charge in [0.2, 0.25) is 0 Å². The molecule has 16 heavy (non-hydrogen) atoms. The summed E-state index contributed by atoms with van der Waals surface area (Å²) >= 11 is 0. The second-order valence-electron chi connectivity index (χ2n) is 5.52. The Balaban J connectivity index is 2.55. The van der Waals surface area contributed by atoms with Gasteiger partial charge in [0.25, 0.3) is 0 Å². The molecule has 1 aliphatic rings. The molecule has 1 atom stereocenters. The van der Waals surface area contributed by atoms with E-state index in [0.717, 1.165) is 13.0 Å². The normalized spacial score (nSPS) is 24.2. The fourth-order valence-electron chi connectivity index (χ4n) is 2.62. The van der Waals surface area contributed by atoms with Gasteiger partial charge < -0.3 is 4.74 Å². The summed E-state index contributed by atoms with van der Waals surface area (Å²) in [5.41, 5.74) is 2.75. The highest BCUT2D eigenvalue weighted by Crippen LogP contribution is 2.45. The molecule has 2 heteroatoms. The minimum atomic E-state index is -1.44. The zero-order valence-electron chi connectivity index (χ0n) is 10.4. The largest absolute Gasteiger partial charge is 0.369 e. The maximum atomic E-state index is 6.21. The van der Waals surface area contributed by atoms with Crippen molar-refractivity contribution >= 4 is 8.07 Å². The van der Waals surface area contributed by atoms with Gasteiger partial charge in [-0.2, -0.15) is 0 Å². The molecule has 0 amide bonds. The van der Waals surface area contributed by atoms with Gasteiger partial charge in [0.1, 0.15) is 0 Å². The Labute approximate surface area is 99.2 Å². The van der Waals surface area contributed by atoms with Crippen LogP contribution >= 0.6 is 0 Å². The van der Waals surface area contributed by atoms with Gasteiger partial charge in [-0.1, -0.05) is 50.0 Å². The molecule has 1 heterocycles. The first kappa shape index (κ1) is 11.6. The number of benzene rings is 1. The Morgan fingerprint density at radius 3 is 2.69 bits per heavy atom. The van der Waals surface area contributed by atoms with Crippen molar-refractivity contribution in [3.63, 3.8) is 0 Å². The average Bonchev–Trinajstić information content (AvgIpc) is 2.59. The van der Waals surface area contributed by atoms with Crippen molar-refractivity contribution < 1.29 is 4.74 Å². The average molecular weight is 232 g/mol. The van der Waals surface area contributed by atoms with Gasteiger partial charge in [-0.3, -0.25) is 0 Å². The van der Waals surface area contributed by atoms with E-state index < -0.39 is 8.07 Å². The van der Waals surface area contributed by atoms with Crippen LogP contribution in [0.25, 0.3) is 0 Å². The van der Waals surface area contributed by atoms with E-state index in [4.69, 9.17) is 4.74 Å². The molecule has 1 nitrogen and oxygen atoms in total. The van der Waals surface area contributed by atoms with E-state index in [-0.39, 0.29) is 5.22 Å². The Morgan fingerprint density at radius 1 is 1.38 bits per heavy atom. The van der Waals surface area contributed by atoms with E-state index in [1.54, 1.807) is 0 Å². The first-order chi connectivity index (χ1) is 7.51. The van der Waals surface area contributed by atoms with Gasteiger partial charge in [-0.05, 0) is 17.5 Å². The Hall–Kier alpha value is -0.863. The topological polar surface area (TPSA) is 9.23 Å². The van der Waals surface area contributed by atoms with Crippen molar-refractivity contribution in [2.75, 3.05) is 0 Å². The lowest BCUT2D eigenvalue weighted by Crippen LogP contribution is -2.49. The molecule has 86 valence electrons. The molecule has 0 saturated carbocycles. The molecule has 0 aromatic heterocycles. The summed E-state index contributed by atoms with van der Waals surface area (Å²) in [6, 6.07) is 8.62. The lowest BCUT2D eigenvalue weighted by Gasteiger charge is -2.40. The van der Waals surface area contributed by atoms with Crippen LogP contribution in [0.2, 0.25) is 19.6 Å². The zero-order valence-corrected chi connectivity index (χ0v) is 11.4. The Morgan fingerprint density at radius 2 is 2.06 bits per heavy atom. The van der Waals surface area contributed by atoms with E-state index in [9.17, 15) is 0 Å². The molecule has 1 aliphatic heterocycles. The highest BCUT2D eigenvalue weighted by Gasteiger charge is 2.49. The molecular weight excluding hydrogens is 212 g/mol. The van der Waals surface area contributed by atoms with Crippen molar-refractivity contribution in [3.8, 4) is 0 Å². The van der Waals surface area contributed by atoms with Gasteiger partial charge >= 0.3 is 0 Å². The van der Waals surface area contributed by atoms with E-state index in [2.05, 4.69) is 50.5 Å². The summed E-state index contributed by atoms with van der Waals surface area (Å²) in [6.45, 7) is 11.8. The molecule has 0 aliphatic carbocycles. The van der Waals surface area contributed by atoms with Gasteiger partial charge in [0, 0.05) is 0 Å². The van der Waals surface area contributed by atoms with Crippen molar-refractivity contribution in [3.05, 3.63) is 48.0 Å². The summed E-state index contributed by atoms with van der Waals surface area (Å²) in [4.78, 5) is 0. The smallest absolute Gasteiger partial charge is 0.0886 e. The molecule has 1 aromatic carbocycles. The first-order valence-corrected chi connectivity index (χ1v) is 9.34. The molecule has 0 fully saturated rings. The lowest BCUT2D eigenvalue weighted by atomic mass is 10.0. The second kappa shape index (κ2) is 3.86. The molecule has 0 unspecified atom stereocenters. The molecule has 2 rings (SSSR count). The SMILES string of the molecule is C=CC[C@]1([Si](C)(C)C)OCc2ccccc21. The van der Waals surface area contributed by atoms with Crippen LogP contribution in [0, 0.1) is 0 Å². The van der Waals surface area contributed by atoms with Crippen LogP contribution in [0.1, 0.15) is 17.5 Å². The number of rotatable bonds is 3. The van der Waals surface area contributed by atoms with Crippen molar-refractivity contribution in [2.24, 2.45) is 0 Å². The minimum Gasteiger partial charge on any atom is -0.369 e. The zero-order chi connectivity index (χ0) is 11.8. The maximum Gasteiger partial charge on any atom is 0.0886 e. The van der Waals surface area contributed by atoms with Crippen molar-refractivity contribution in [1.29, 1.82) is 0 Å². The third-order valence-corrected chi connectivity index (χ3v) is 6.61. The third-order valence-electron chi connectivity index (χ3n) is 3.57. The van der Waals surface area contributed by atoms with Crippen LogP contribution in [0.15, 0.2) is 36.9 Å². The van der Waals surface area contributed by atoms with Gasteiger partial charge in [0.15, 0.2) is 0 Å². The standard InChI is InChI=1S/C14H20OSi/c1-5-10-14(16(2,3)4)13-9-7-6-8-12(13)11-15-14/h5-9H,1,10-11H2,2-4H3/t14-/m1/s1. The Kier molecular flexibility index (Phi) is 2.80. The maximum absolute atomic E-state index is 6.21. The fraction of sp³-hybridized carbons (Fsp3) is 0.429. The summed E-state index contributed by atoms with van der Waals surface area (Å²) in [5, 5.41) is -0.0641. The number of hydrogen-bond acceptors (Lipinski definition) is 1. The summed E-state index contributed by atoms with van der Waals surface area (Å²) < 4.78 is 6.21. The lowest BCUT2D eigenvalue weighted by molar-refractivity contribution is 0.0221. The number of ether oxygens (including phenoxy) is 1. The molecule has 0 bridgehead atoms. The minimum absolute atomic E-state index is 0.0641. The van der Waals surface area contributed by atoms with Crippen LogP contribution in [0.5, 0.6) is 0 Å². The predicted molar refractivity (Wildman–Crippen MR) is 71.1 cm³/mol. The van der Waals surface area contributed by atoms with Crippen molar-refractivity contribution in [2.45, 2.75) is 37.9 Å². The monoisotopic (exact) mass is 232 g/mol. The fourth-order valence-corrected chi connectivity index (χ4v) is 4.93. The number of hydrogen-bond donors (Lipinski definition) is 0. The summed E-state index contributed by atoms with van der Waals surface area (Å²) in [6.07, 6.45) is 2.93. The highest BCUT2D eigenvalue weighted by atomic mass is 28.3. The Bertz CT molecular complexity index is 405. The summed E-state index contributed by atoms with van der Waals surface area (Å²) in [7, 11) is -1.44. The van der Waals surface area contributed by atoms with Crippen molar-refractivity contribution in [1.82, 2.24) is 0 Å². The number of fused-ring (bicyclic) bond motifs is 1.